The van der Waals surface area contributed by atoms with Crippen molar-refractivity contribution in [1.82, 2.24) is 4.98 Å². The lowest BCUT2D eigenvalue weighted by Gasteiger charge is -2.20. The quantitative estimate of drug-likeness (QED) is 0.612. The van der Waals surface area contributed by atoms with E-state index in [4.69, 9.17) is 9.15 Å². The van der Waals surface area contributed by atoms with Crippen LogP contribution in [0.15, 0.2) is 68.9 Å². The molecule has 0 atom stereocenters. The van der Waals surface area contributed by atoms with Crippen LogP contribution in [0.1, 0.15) is 25.7 Å². The highest BCUT2D eigenvalue weighted by Gasteiger charge is 2.31. The van der Waals surface area contributed by atoms with E-state index in [9.17, 15) is 8.42 Å². The number of benzene rings is 2. The number of hydrogen-bond acceptors (Lipinski definition) is 6. The summed E-state index contributed by atoms with van der Waals surface area (Å²) in [6, 6.07) is 15.6. The van der Waals surface area contributed by atoms with Gasteiger partial charge < -0.3 is 14.1 Å². The summed E-state index contributed by atoms with van der Waals surface area (Å²) in [5.74, 6) is 1.34. The molecule has 0 radical (unpaired) electrons. The second-order valence-corrected chi connectivity index (χ2v) is 8.94. The lowest BCUT2D eigenvalue weighted by atomic mass is 10.2. The van der Waals surface area contributed by atoms with E-state index >= 15 is 0 Å². The smallest absolute Gasteiger partial charge is 0.236 e. The third-order valence-corrected chi connectivity index (χ3v) is 6.79. The van der Waals surface area contributed by atoms with Crippen LogP contribution in [0.25, 0.3) is 11.5 Å². The van der Waals surface area contributed by atoms with Gasteiger partial charge in [-0.3, -0.25) is 0 Å². The number of ether oxygens (including phenoxy) is 1. The number of anilines is 1. The first-order chi connectivity index (χ1) is 14.1. The van der Waals surface area contributed by atoms with Crippen molar-refractivity contribution >= 4 is 15.7 Å². The maximum Gasteiger partial charge on any atom is 0.236 e. The summed E-state index contributed by atoms with van der Waals surface area (Å²) in [5.41, 5.74) is 0.705. The summed E-state index contributed by atoms with van der Waals surface area (Å²) in [4.78, 5) is 6.68. The zero-order chi connectivity index (χ0) is 20.3. The fourth-order valence-corrected chi connectivity index (χ4v) is 4.86. The van der Waals surface area contributed by atoms with E-state index in [1.54, 1.807) is 49.6 Å². The van der Waals surface area contributed by atoms with E-state index in [0.717, 1.165) is 38.8 Å². The Labute approximate surface area is 171 Å². The monoisotopic (exact) mass is 412 g/mol. The van der Waals surface area contributed by atoms with Gasteiger partial charge in [0.1, 0.15) is 5.75 Å². The predicted octanol–water partition coefficient (Wildman–Crippen LogP) is 4.56. The second-order valence-electron chi connectivity index (χ2n) is 7.08. The fourth-order valence-electron chi connectivity index (χ4n) is 3.52. The van der Waals surface area contributed by atoms with Crippen molar-refractivity contribution in [1.29, 1.82) is 0 Å². The van der Waals surface area contributed by atoms with Crippen molar-refractivity contribution in [2.24, 2.45) is 0 Å². The molecular formula is C22H24N2O4S. The van der Waals surface area contributed by atoms with Crippen LogP contribution in [0, 0.1) is 0 Å². The van der Waals surface area contributed by atoms with E-state index < -0.39 is 9.84 Å². The molecule has 0 amide bonds. The zero-order valence-corrected chi connectivity index (χ0v) is 17.2. The number of nitrogens with zero attached hydrogens (tertiary/aromatic N) is 2. The third kappa shape index (κ3) is 4.00. The first-order valence-electron chi connectivity index (χ1n) is 9.80. The van der Waals surface area contributed by atoms with Gasteiger partial charge >= 0.3 is 0 Å². The van der Waals surface area contributed by atoms with Crippen molar-refractivity contribution in [3.05, 3.63) is 54.6 Å². The highest BCUT2D eigenvalue weighted by molar-refractivity contribution is 7.91. The number of methoxy groups -OCH3 is 1. The molecule has 1 aliphatic heterocycles. The molecule has 2 aromatic carbocycles. The molecule has 1 aliphatic rings. The van der Waals surface area contributed by atoms with Crippen LogP contribution in [0.4, 0.5) is 5.88 Å². The minimum absolute atomic E-state index is 0.0172. The molecule has 0 spiro atoms. The second kappa shape index (κ2) is 8.29. The van der Waals surface area contributed by atoms with Gasteiger partial charge in [-0.05, 0) is 49.2 Å². The molecule has 0 unspecified atom stereocenters. The van der Waals surface area contributed by atoms with Crippen molar-refractivity contribution in [2.45, 2.75) is 35.6 Å². The Bertz CT molecular complexity index is 1050. The lowest BCUT2D eigenvalue weighted by molar-refractivity contribution is 0.415. The summed E-state index contributed by atoms with van der Waals surface area (Å²) < 4.78 is 38.0. The molecule has 1 saturated heterocycles. The molecule has 0 N–H and O–H groups in total. The van der Waals surface area contributed by atoms with Crippen LogP contribution in [0.2, 0.25) is 0 Å². The largest absolute Gasteiger partial charge is 0.497 e. The topological polar surface area (TPSA) is 72.6 Å². The number of aromatic nitrogens is 1. The molecule has 1 fully saturated rings. The maximum atomic E-state index is 13.4. The normalized spacial score (nSPS) is 15.1. The number of sulfone groups is 1. The average Bonchev–Trinajstić information content (AvgIpc) is 3.04. The molecule has 0 saturated carbocycles. The maximum absolute atomic E-state index is 13.4. The Morgan fingerprint density at radius 2 is 1.59 bits per heavy atom. The zero-order valence-electron chi connectivity index (χ0n) is 16.4. The van der Waals surface area contributed by atoms with Gasteiger partial charge in [-0.25, -0.2) is 8.42 Å². The first-order valence-corrected chi connectivity index (χ1v) is 11.3. The minimum Gasteiger partial charge on any atom is -0.497 e. The van der Waals surface area contributed by atoms with Crippen LogP contribution in [-0.2, 0) is 9.84 Å². The van der Waals surface area contributed by atoms with Crippen molar-refractivity contribution < 1.29 is 17.6 Å². The molecule has 152 valence electrons. The SMILES string of the molecule is COc1ccc(-c2nc(S(=O)(=O)c3ccccc3)c(N3CCCCCC3)o2)cc1. The molecule has 4 rings (SSSR count). The molecule has 7 heteroatoms. The summed E-state index contributed by atoms with van der Waals surface area (Å²) in [5, 5.41) is -0.0172. The minimum atomic E-state index is -3.80. The highest BCUT2D eigenvalue weighted by Crippen LogP contribution is 2.36. The van der Waals surface area contributed by atoms with E-state index in [1.807, 2.05) is 17.0 Å². The van der Waals surface area contributed by atoms with Gasteiger partial charge in [0.2, 0.25) is 26.6 Å². The summed E-state index contributed by atoms with van der Waals surface area (Å²) in [6.45, 7) is 1.52. The van der Waals surface area contributed by atoms with Crippen LogP contribution in [-0.4, -0.2) is 33.6 Å². The summed E-state index contributed by atoms with van der Waals surface area (Å²) >= 11 is 0. The molecular weight excluding hydrogens is 388 g/mol. The summed E-state index contributed by atoms with van der Waals surface area (Å²) in [6.07, 6.45) is 4.28. The van der Waals surface area contributed by atoms with E-state index in [0.29, 0.717) is 23.1 Å². The Morgan fingerprint density at radius 3 is 2.21 bits per heavy atom. The van der Waals surface area contributed by atoms with Crippen LogP contribution >= 0.6 is 0 Å². The van der Waals surface area contributed by atoms with Gasteiger partial charge in [-0.2, -0.15) is 4.98 Å². The Hall–Kier alpha value is -2.80. The average molecular weight is 413 g/mol. The molecule has 6 nitrogen and oxygen atoms in total. The van der Waals surface area contributed by atoms with Crippen molar-refractivity contribution in [3.8, 4) is 17.2 Å². The third-order valence-electron chi connectivity index (χ3n) is 5.12. The molecule has 3 aromatic rings. The van der Waals surface area contributed by atoms with Gasteiger partial charge in [0.25, 0.3) is 0 Å². The van der Waals surface area contributed by atoms with Crippen molar-refractivity contribution in [3.63, 3.8) is 0 Å². The van der Waals surface area contributed by atoms with Gasteiger partial charge in [-0.15, -0.1) is 0 Å². The Balaban J connectivity index is 1.82. The molecule has 0 aliphatic carbocycles. The van der Waals surface area contributed by atoms with Crippen molar-refractivity contribution in [2.75, 3.05) is 25.1 Å². The number of oxazole rings is 1. The van der Waals surface area contributed by atoms with Gasteiger partial charge in [-0.1, -0.05) is 31.0 Å². The molecule has 29 heavy (non-hydrogen) atoms. The first kappa shape index (κ1) is 19.5. The standard InChI is InChI=1S/C22H24N2O4S/c1-27-18-13-11-17(12-14-18)20-23-21(29(25,26)19-9-5-4-6-10-19)22(28-20)24-15-7-2-3-8-16-24/h4-6,9-14H,2-3,7-8,15-16H2,1H3. The fraction of sp³-hybridized carbons (Fsp3) is 0.318. The Kier molecular flexibility index (Phi) is 5.58. The van der Waals surface area contributed by atoms with E-state index in [1.165, 1.54) is 0 Å². The van der Waals surface area contributed by atoms with E-state index in [2.05, 4.69) is 4.98 Å². The van der Waals surface area contributed by atoms with Crippen LogP contribution < -0.4 is 9.64 Å². The van der Waals surface area contributed by atoms with Gasteiger partial charge in [0.05, 0.1) is 12.0 Å². The highest BCUT2D eigenvalue weighted by atomic mass is 32.2. The number of hydrogen-bond donors (Lipinski definition) is 0. The van der Waals surface area contributed by atoms with Crippen LogP contribution in [0.3, 0.4) is 0 Å². The molecule has 0 bridgehead atoms. The lowest BCUT2D eigenvalue weighted by Crippen LogP contribution is -2.25. The van der Waals surface area contributed by atoms with Gasteiger partial charge in [0, 0.05) is 18.7 Å². The predicted molar refractivity (Wildman–Crippen MR) is 111 cm³/mol. The summed E-state index contributed by atoms with van der Waals surface area (Å²) in [7, 11) is -2.20. The molecule has 1 aromatic heterocycles. The number of rotatable bonds is 5. The van der Waals surface area contributed by atoms with E-state index in [-0.39, 0.29) is 9.92 Å². The molecule has 2 heterocycles. The Morgan fingerprint density at radius 1 is 0.931 bits per heavy atom. The van der Waals surface area contributed by atoms with Crippen LogP contribution in [0.5, 0.6) is 5.75 Å². The van der Waals surface area contributed by atoms with Gasteiger partial charge in [0.15, 0.2) is 0 Å².